The van der Waals surface area contributed by atoms with E-state index in [4.69, 9.17) is 10.7 Å². The molecule has 0 saturated carbocycles. The fraction of sp³-hybridized carbons (Fsp3) is 0.455. The molecule has 0 aliphatic rings. The quantitative estimate of drug-likeness (QED) is 0.794. The summed E-state index contributed by atoms with van der Waals surface area (Å²) in [6.45, 7) is 6.16. The maximum atomic E-state index is 11.0. The third-order valence-electron chi connectivity index (χ3n) is 2.47. The second kappa shape index (κ2) is 4.20. The third-order valence-corrected chi connectivity index (χ3v) is 3.48. The number of nitrogens with zero attached hydrogens (tertiary/aromatic N) is 3. The average molecular weight is 288 g/mol. The summed E-state index contributed by atoms with van der Waals surface area (Å²) < 4.78 is 23.6. The lowest BCUT2D eigenvalue weighted by molar-refractivity contribution is 0.562. The zero-order chi connectivity index (χ0) is 13.6. The van der Waals surface area contributed by atoms with Gasteiger partial charge in [0.25, 0.3) is 0 Å². The molecule has 0 radical (unpaired) electrons. The zero-order valence-corrected chi connectivity index (χ0v) is 12.0. The van der Waals surface area contributed by atoms with Crippen LogP contribution in [0.15, 0.2) is 18.5 Å². The largest absolute Gasteiger partial charge is 0.237 e. The van der Waals surface area contributed by atoms with E-state index in [0.29, 0.717) is 11.2 Å². The summed E-state index contributed by atoms with van der Waals surface area (Å²) >= 11 is 0. The lowest BCUT2D eigenvalue weighted by atomic mass is 9.93. The number of fused-ring (bicyclic) bond motifs is 1. The van der Waals surface area contributed by atoms with E-state index in [2.05, 4.69) is 30.9 Å². The molecule has 5 nitrogen and oxygen atoms in total. The summed E-state index contributed by atoms with van der Waals surface area (Å²) in [5, 5.41) is 4.39. The molecule has 0 atom stereocenters. The standard InChI is InChI=1S/C11H14ClN3O2S/c1-11(2,3)9-4-10-13-5-8(6-15(10)14-9)7-18(12,16)17/h4-6H,7H2,1-3H3. The van der Waals surface area contributed by atoms with Gasteiger partial charge in [0, 0.05) is 40.1 Å². The molecule has 0 aliphatic carbocycles. The summed E-state index contributed by atoms with van der Waals surface area (Å²) in [6.07, 6.45) is 3.14. The summed E-state index contributed by atoms with van der Waals surface area (Å²) in [7, 11) is 1.64. The van der Waals surface area contributed by atoms with Crippen LogP contribution in [0, 0.1) is 0 Å². The first kappa shape index (κ1) is 13.3. The second-order valence-corrected chi connectivity index (χ2v) is 8.00. The second-order valence-electron chi connectivity index (χ2n) is 5.23. The van der Waals surface area contributed by atoms with E-state index in [9.17, 15) is 8.42 Å². The Labute approximate surface area is 110 Å². The monoisotopic (exact) mass is 287 g/mol. The molecule has 2 heterocycles. The predicted octanol–water partition coefficient (Wildman–Crippen LogP) is 2.10. The highest BCUT2D eigenvalue weighted by Gasteiger charge is 2.18. The number of halogens is 1. The number of hydrogen-bond donors (Lipinski definition) is 0. The molecule has 0 aliphatic heterocycles. The molecule has 2 aromatic rings. The minimum atomic E-state index is -3.58. The van der Waals surface area contributed by atoms with Gasteiger partial charge in [-0.3, -0.25) is 0 Å². The van der Waals surface area contributed by atoms with E-state index in [1.807, 2.05) is 6.07 Å². The Morgan fingerprint density at radius 2 is 2.06 bits per heavy atom. The van der Waals surface area contributed by atoms with Crippen LogP contribution in [0.4, 0.5) is 0 Å². The van der Waals surface area contributed by atoms with E-state index in [1.165, 1.54) is 6.20 Å². The van der Waals surface area contributed by atoms with Crippen LogP contribution in [0.25, 0.3) is 5.65 Å². The van der Waals surface area contributed by atoms with Gasteiger partial charge < -0.3 is 0 Å². The highest BCUT2D eigenvalue weighted by atomic mass is 35.7. The Kier molecular flexibility index (Phi) is 3.11. The molecule has 0 fully saturated rings. The first-order valence-electron chi connectivity index (χ1n) is 5.42. The van der Waals surface area contributed by atoms with Gasteiger partial charge in [-0.25, -0.2) is 17.9 Å². The van der Waals surface area contributed by atoms with E-state index in [1.54, 1.807) is 10.7 Å². The summed E-state index contributed by atoms with van der Waals surface area (Å²) in [6, 6.07) is 1.89. The first-order chi connectivity index (χ1) is 8.15. The van der Waals surface area contributed by atoms with Crippen molar-refractivity contribution in [1.82, 2.24) is 14.6 Å². The lowest BCUT2D eigenvalue weighted by Gasteiger charge is -2.13. The maximum Gasteiger partial charge on any atom is 0.236 e. The van der Waals surface area contributed by atoms with Crippen molar-refractivity contribution in [1.29, 1.82) is 0 Å². The number of hydrogen-bond acceptors (Lipinski definition) is 4. The molecule has 2 rings (SSSR count). The molecule has 18 heavy (non-hydrogen) atoms. The molecule has 0 spiro atoms. The van der Waals surface area contributed by atoms with E-state index in [0.717, 1.165) is 5.69 Å². The Morgan fingerprint density at radius 1 is 1.39 bits per heavy atom. The highest BCUT2D eigenvalue weighted by molar-refractivity contribution is 8.13. The first-order valence-corrected chi connectivity index (χ1v) is 7.90. The van der Waals surface area contributed by atoms with Gasteiger partial charge in [-0.05, 0) is 0 Å². The van der Waals surface area contributed by atoms with Crippen LogP contribution in [-0.4, -0.2) is 23.0 Å². The molecule has 0 unspecified atom stereocenters. The molecule has 2 aromatic heterocycles. The van der Waals surface area contributed by atoms with Gasteiger partial charge in [-0.2, -0.15) is 5.10 Å². The van der Waals surface area contributed by atoms with Crippen LogP contribution in [0.3, 0.4) is 0 Å². The van der Waals surface area contributed by atoms with E-state index < -0.39 is 9.05 Å². The van der Waals surface area contributed by atoms with Crippen molar-refractivity contribution >= 4 is 25.4 Å². The van der Waals surface area contributed by atoms with Gasteiger partial charge in [0.2, 0.25) is 9.05 Å². The predicted molar refractivity (Wildman–Crippen MR) is 70.2 cm³/mol. The van der Waals surface area contributed by atoms with Crippen molar-refractivity contribution in [3.63, 3.8) is 0 Å². The van der Waals surface area contributed by atoms with Gasteiger partial charge in [-0.15, -0.1) is 0 Å². The van der Waals surface area contributed by atoms with Crippen molar-refractivity contribution in [2.45, 2.75) is 31.9 Å². The van der Waals surface area contributed by atoms with Gasteiger partial charge in [0.1, 0.15) is 0 Å². The van der Waals surface area contributed by atoms with Gasteiger partial charge >= 0.3 is 0 Å². The number of aromatic nitrogens is 3. The fourth-order valence-corrected chi connectivity index (χ4v) is 2.48. The van der Waals surface area contributed by atoms with Crippen LogP contribution in [0.1, 0.15) is 32.0 Å². The lowest BCUT2D eigenvalue weighted by Crippen LogP contribution is -2.11. The SMILES string of the molecule is CC(C)(C)c1cc2ncc(CS(=O)(=O)Cl)cn2n1. The maximum absolute atomic E-state index is 11.0. The molecule has 0 aromatic carbocycles. The van der Waals surface area contributed by atoms with Crippen molar-refractivity contribution in [3.05, 3.63) is 29.7 Å². The van der Waals surface area contributed by atoms with Crippen LogP contribution >= 0.6 is 10.7 Å². The average Bonchev–Trinajstić information content (AvgIpc) is 2.57. The third kappa shape index (κ3) is 3.00. The highest BCUT2D eigenvalue weighted by Crippen LogP contribution is 2.21. The minimum absolute atomic E-state index is 0.0770. The fourth-order valence-electron chi connectivity index (χ4n) is 1.56. The molecule has 0 amide bonds. The van der Waals surface area contributed by atoms with Gasteiger partial charge in [-0.1, -0.05) is 20.8 Å². The molecular weight excluding hydrogens is 274 g/mol. The van der Waals surface area contributed by atoms with Crippen LogP contribution in [0.2, 0.25) is 0 Å². The summed E-state index contributed by atoms with van der Waals surface area (Å²) in [4.78, 5) is 4.18. The summed E-state index contributed by atoms with van der Waals surface area (Å²) in [5.74, 6) is -0.248. The van der Waals surface area contributed by atoms with E-state index in [-0.39, 0.29) is 11.2 Å². The Balaban J connectivity index is 2.46. The van der Waals surface area contributed by atoms with Crippen LogP contribution in [-0.2, 0) is 20.2 Å². The Hall–Kier alpha value is -1.14. The van der Waals surface area contributed by atoms with Crippen LogP contribution < -0.4 is 0 Å². The smallest absolute Gasteiger partial charge is 0.236 e. The summed E-state index contributed by atoms with van der Waals surface area (Å²) in [5.41, 5.74) is 2.03. The molecule has 7 heteroatoms. The Morgan fingerprint density at radius 3 is 2.61 bits per heavy atom. The molecule has 0 bridgehead atoms. The molecule has 0 saturated heterocycles. The zero-order valence-electron chi connectivity index (χ0n) is 10.4. The Bertz CT molecular complexity index is 686. The van der Waals surface area contributed by atoms with Gasteiger partial charge in [0.05, 0.1) is 11.4 Å². The molecular formula is C11H14ClN3O2S. The number of rotatable bonds is 2. The normalized spacial score (nSPS) is 13.1. The molecule has 0 N–H and O–H groups in total. The van der Waals surface area contributed by atoms with Gasteiger partial charge in [0.15, 0.2) is 5.65 Å². The van der Waals surface area contributed by atoms with Crippen molar-refractivity contribution in [2.24, 2.45) is 0 Å². The molecule has 98 valence electrons. The van der Waals surface area contributed by atoms with Crippen molar-refractivity contribution in [3.8, 4) is 0 Å². The van der Waals surface area contributed by atoms with Crippen molar-refractivity contribution < 1.29 is 8.42 Å². The van der Waals surface area contributed by atoms with Crippen molar-refractivity contribution in [2.75, 3.05) is 0 Å². The minimum Gasteiger partial charge on any atom is -0.237 e. The van der Waals surface area contributed by atoms with Crippen LogP contribution in [0.5, 0.6) is 0 Å². The topological polar surface area (TPSA) is 64.3 Å². The van der Waals surface area contributed by atoms with E-state index >= 15 is 0 Å².